The van der Waals surface area contributed by atoms with Gasteiger partial charge in [0.1, 0.15) is 41.4 Å². The fourth-order valence-corrected chi connectivity index (χ4v) is 6.84. The topological polar surface area (TPSA) is 105 Å². The van der Waals surface area contributed by atoms with Crippen molar-refractivity contribution in [1.29, 1.82) is 0 Å². The van der Waals surface area contributed by atoms with Crippen molar-refractivity contribution in [2.24, 2.45) is 0 Å². The molecule has 0 spiro atoms. The maximum Gasteiger partial charge on any atom is 0.319 e. The van der Waals surface area contributed by atoms with E-state index in [4.69, 9.17) is 20.2 Å². The second kappa shape index (κ2) is 9.76. The van der Waals surface area contributed by atoms with E-state index < -0.39 is 23.3 Å². The number of nitrogen functional groups attached to an aromatic ring is 1. The standard InChI is InChI=1S/C28H33F3N8O2/c1-15-20-12-33-7-9-39(20)24-21-23(34-27(36-24)40-14-28-6-3-8-38(28)13-16(29)11-28)22(31)25(35-26(21)41-15)37(2)17-4-5-18(30)19(32)10-17/h4-5,10,15-16,20,33H,3,6-9,11-14,32H2,1-2H3/t15-,16+,20-,28?/m0/s1. The molecule has 41 heavy (non-hydrogen) atoms. The molecule has 0 radical (unpaired) electrons. The van der Waals surface area contributed by atoms with Crippen LogP contribution in [0.3, 0.4) is 0 Å². The van der Waals surface area contributed by atoms with Gasteiger partial charge >= 0.3 is 6.01 Å². The third-order valence-corrected chi connectivity index (χ3v) is 9.01. The summed E-state index contributed by atoms with van der Waals surface area (Å²) in [6.45, 7) is 5.40. The molecular formula is C28H33F3N8O2. The molecule has 218 valence electrons. The molecule has 6 heterocycles. The zero-order chi connectivity index (χ0) is 28.5. The number of rotatable bonds is 5. The Balaban J connectivity index is 1.35. The van der Waals surface area contributed by atoms with E-state index in [1.165, 1.54) is 23.1 Å². The van der Waals surface area contributed by atoms with Crippen molar-refractivity contribution in [1.82, 2.24) is 25.2 Å². The number of benzene rings is 1. The lowest BCUT2D eigenvalue weighted by Crippen LogP contribution is -2.56. The Bertz CT molecular complexity index is 1510. The molecule has 3 saturated heterocycles. The molecule has 3 aromatic rings. The van der Waals surface area contributed by atoms with Crippen LogP contribution in [0.1, 0.15) is 26.2 Å². The van der Waals surface area contributed by atoms with Crippen LogP contribution in [-0.2, 0) is 0 Å². The zero-order valence-corrected chi connectivity index (χ0v) is 23.0. The Morgan fingerprint density at radius 1 is 1.24 bits per heavy atom. The number of nitrogens with two attached hydrogens (primary N) is 1. The Morgan fingerprint density at radius 2 is 2.10 bits per heavy atom. The molecule has 1 aromatic carbocycles. The maximum atomic E-state index is 16.4. The number of hydrogen-bond donors (Lipinski definition) is 2. The molecule has 7 rings (SSSR count). The molecule has 0 amide bonds. The van der Waals surface area contributed by atoms with E-state index in [1.54, 1.807) is 7.05 Å². The van der Waals surface area contributed by atoms with Gasteiger partial charge in [0.2, 0.25) is 5.88 Å². The SMILES string of the molecule is C[C@@H]1Oc2nc(N(C)c3ccc(F)c(N)c3)c(F)c3nc(OCC45CCCN4C[C@H](F)C5)nc(c23)N2CCNC[C@@H]12. The Hall–Kier alpha value is -3.58. The van der Waals surface area contributed by atoms with Gasteiger partial charge in [-0.25, -0.2) is 13.2 Å². The number of fused-ring (bicyclic) bond motifs is 3. The van der Waals surface area contributed by atoms with Crippen LogP contribution in [-0.4, -0.2) is 90.1 Å². The number of piperazine rings is 1. The van der Waals surface area contributed by atoms with Gasteiger partial charge in [0.05, 0.1) is 17.3 Å². The molecular weight excluding hydrogens is 537 g/mol. The van der Waals surface area contributed by atoms with Crippen molar-refractivity contribution < 1.29 is 22.6 Å². The van der Waals surface area contributed by atoms with Crippen molar-refractivity contribution in [3.05, 3.63) is 29.8 Å². The Morgan fingerprint density at radius 3 is 2.93 bits per heavy atom. The summed E-state index contributed by atoms with van der Waals surface area (Å²) < 4.78 is 57.2. The molecule has 3 N–H and O–H groups in total. The highest BCUT2D eigenvalue weighted by molar-refractivity contribution is 5.97. The lowest BCUT2D eigenvalue weighted by Gasteiger charge is -2.38. The molecule has 2 aromatic heterocycles. The first-order chi connectivity index (χ1) is 19.7. The number of alkyl halides is 1. The van der Waals surface area contributed by atoms with Crippen LogP contribution in [0.2, 0.25) is 0 Å². The third-order valence-electron chi connectivity index (χ3n) is 9.01. The normalized spacial score (nSPS) is 27.3. The first-order valence-electron chi connectivity index (χ1n) is 14.1. The van der Waals surface area contributed by atoms with Gasteiger partial charge in [-0.05, 0) is 44.5 Å². The van der Waals surface area contributed by atoms with E-state index in [0.29, 0.717) is 42.9 Å². The molecule has 4 aliphatic rings. The quantitative estimate of drug-likeness (QED) is 0.445. The van der Waals surface area contributed by atoms with E-state index in [2.05, 4.69) is 25.1 Å². The summed E-state index contributed by atoms with van der Waals surface area (Å²) in [7, 11) is 1.62. The minimum absolute atomic E-state index is 0.00823. The molecule has 0 bridgehead atoms. The average molecular weight is 571 g/mol. The van der Waals surface area contributed by atoms with E-state index in [9.17, 15) is 8.78 Å². The summed E-state index contributed by atoms with van der Waals surface area (Å²) in [5, 5.41) is 3.76. The van der Waals surface area contributed by atoms with Gasteiger partial charge in [0.15, 0.2) is 11.6 Å². The van der Waals surface area contributed by atoms with Crippen LogP contribution >= 0.6 is 0 Å². The highest BCUT2D eigenvalue weighted by atomic mass is 19.1. The second-order valence-electron chi connectivity index (χ2n) is 11.5. The van der Waals surface area contributed by atoms with Gasteiger partial charge in [-0.3, -0.25) is 4.90 Å². The van der Waals surface area contributed by atoms with E-state index in [0.717, 1.165) is 25.9 Å². The van der Waals surface area contributed by atoms with Crippen LogP contribution < -0.4 is 30.3 Å². The van der Waals surface area contributed by atoms with Crippen molar-refractivity contribution in [3.63, 3.8) is 0 Å². The highest BCUT2D eigenvalue weighted by Gasteiger charge is 2.49. The minimum Gasteiger partial charge on any atom is -0.472 e. The average Bonchev–Trinajstić information content (AvgIpc) is 3.46. The van der Waals surface area contributed by atoms with Crippen LogP contribution in [0.5, 0.6) is 11.9 Å². The lowest BCUT2D eigenvalue weighted by molar-refractivity contribution is 0.107. The first-order valence-corrected chi connectivity index (χ1v) is 14.1. The fraction of sp³-hybridized carbons (Fsp3) is 0.536. The predicted octanol–water partition coefficient (Wildman–Crippen LogP) is 3.17. The maximum absolute atomic E-state index is 16.4. The number of halogens is 3. The van der Waals surface area contributed by atoms with Crippen molar-refractivity contribution >= 4 is 33.9 Å². The Labute approximate surface area is 235 Å². The predicted molar refractivity (Wildman–Crippen MR) is 149 cm³/mol. The minimum atomic E-state index is -0.897. The van der Waals surface area contributed by atoms with Crippen LogP contribution in [0, 0.1) is 11.6 Å². The summed E-state index contributed by atoms with van der Waals surface area (Å²) in [5.41, 5.74) is 5.77. The summed E-state index contributed by atoms with van der Waals surface area (Å²) in [6, 6.07) is 4.08. The number of ether oxygens (including phenoxy) is 2. The smallest absolute Gasteiger partial charge is 0.319 e. The van der Waals surface area contributed by atoms with Crippen molar-refractivity contribution in [2.75, 3.05) is 61.9 Å². The van der Waals surface area contributed by atoms with Crippen LogP contribution in [0.15, 0.2) is 18.2 Å². The molecule has 4 atom stereocenters. The fourth-order valence-electron chi connectivity index (χ4n) is 6.84. The summed E-state index contributed by atoms with van der Waals surface area (Å²) in [6.07, 6.45) is 1.01. The van der Waals surface area contributed by atoms with Gasteiger partial charge in [-0.2, -0.15) is 15.0 Å². The van der Waals surface area contributed by atoms with E-state index in [1.807, 2.05) is 6.92 Å². The van der Waals surface area contributed by atoms with Gasteiger partial charge < -0.3 is 30.3 Å². The molecule has 0 aliphatic carbocycles. The zero-order valence-electron chi connectivity index (χ0n) is 23.0. The van der Waals surface area contributed by atoms with Crippen LogP contribution in [0.25, 0.3) is 10.9 Å². The Kier molecular flexibility index (Phi) is 6.27. The molecule has 3 fully saturated rings. The molecule has 0 saturated carbocycles. The van der Waals surface area contributed by atoms with Gasteiger partial charge in [-0.1, -0.05) is 0 Å². The number of nitrogens with zero attached hydrogens (tertiary/aromatic N) is 6. The summed E-state index contributed by atoms with van der Waals surface area (Å²) in [4.78, 5) is 19.7. The lowest BCUT2D eigenvalue weighted by atomic mass is 9.95. The highest BCUT2D eigenvalue weighted by Crippen LogP contribution is 2.44. The van der Waals surface area contributed by atoms with Crippen molar-refractivity contribution in [2.45, 2.75) is 50.0 Å². The number of hydrogen-bond acceptors (Lipinski definition) is 10. The van der Waals surface area contributed by atoms with E-state index >= 15 is 4.39 Å². The number of nitrogens with one attached hydrogen (secondary N) is 1. The number of aromatic nitrogens is 3. The number of pyridine rings is 1. The summed E-state index contributed by atoms with van der Waals surface area (Å²) >= 11 is 0. The van der Waals surface area contributed by atoms with Gasteiger partial charge in [-0.15, -0.1) is 0 Å². The third kappa shape index (κ3) is 4.28. The first kappa shape index (κ1) is 26.3. The molecule has 13 heteroatoms. The molecule has 4 aliphatic heterocycles. The van der Waals surface area contributed by atoms with Crippen molar-refractivity contribution in [3.8, 4) is 11.9 Å². The summed E-state index contributed by atoms with van der Waals surface area (Å²) in [5.74, 6) is -0.617. The second-order valence-corrected chi connectivity index (χ2v) is 11.5. The number of anilines is 4. The van der Waals surface area contributed by atoms with Crippen LogP contribution in [0.4, 0.5) is 36.2 Å². The van der Waals surface area contributed by atoms with E-state index in [-0.39, 0.29) is 47.7 Å². The van der Waals surface area contributed by atoms with Gasteiger partial charge in [0.25, 0.3) is 0 Å². The molecule has 10 nitrogen and oxygen atoms in total. The van der Waals surface area contributed by atoms with Gasteiger partial charge in [0, 0.05) is 45.3 Å². The monoisotopic (exact) mass is 570 g/mol. The largest absolute Gasteiger partial charge is 0.472 e. The molecule has 1 unspecified atom stereocenters.